The number of fused-ring (bicyclic) bond motifs is 3. The van der Waals surface area contributed by atoms with Crippen LogP contribution in [0, 0.1) is 0 Å². The van der Waals surface area contributed by atoms with E-state index in [0.717, 1.165) is 34.5 Å². The van der Waals surface area contributed by atoms with E-state index in [0.29, 0.717) is 22.6 Å². The first-order valence-electron chi connectivity index (χ1n) is 14.0. The van der Waals surface area contributed by atoms with Gasteiger partial charge in [-0.1, -0.05) is 47.6 Å². The molecule has 2 heterocycles. The normalized spacial score (nSPS) is 11.5. The maximum atomic E-state index is 12.8. The van der Waals surface area contributed by atoms with Crippen molar-refractivity contribution in [3.8, 4) is 22.8 Å². The van der Waals surface area contributed by atoms with Crippen LogP contribution in [0.25, 0.3) is 38.9 Å². The second-order valence-corrected chi connectivity index (χ2v) is 11.1. The van der Waals surface area contributed by atoms with E-state index in [1.165, 1.54) is 28.2 Å². The number of aryl methyl sites for hydroxylation is 1. The van der Waals surface area contributed by atoms with Gasteiger partial charge in [-0.2, -0.15) is 5.10 Å². The Labute approximate surface area is 258 Å². The first-order chi connectivity index (χ1) is 21.1. The minimum Gasteiger partial charge on any atom is -0.494 e. The topological polar surface area (TPSA) is 86.3 Å². The molecule has 6 aromatic rings. The number of para-hydroxylation sites is 1. The molecule has 0 bridgehead atoms. The minimum atomic E-state index is -0.251. The van der Waals surface area contributed by atoms with Gasteiger partial charge in [-0.15, -0.1) is 10.2 Å². The summed E-state index contributed by atoms with van der Waals surface area (Å²) < 4.78 is 9.82. The standard InChI is InChI=1S/C33H29ClN6O2S/c1-3-39-29-8-6-5-7-27(29)28-19-22(9-18-30(28)39)20-35-36-31(41)21-43-33-38-37-32(23-10-12-24(34)13-11-23)40(33)25-14-16-26(17-15-25)42-4-2/h5-20H,3-4,21H2,1-2H3,(H,36,41)/b35-20-. The number of amides is 1. The summed E-state index contributed by atoms with van der Waals surface area (Å²) in [5, 5.41) is 16.6. The summed E-state index contributed by atoms with van der Waals surface area (Å²) in [7, 11) is 0. The maximum absolute atomic E-state index is 12.8. The number of aromatic nitrogens is 4. The molecule has 2 aromatic heterocycles. The molecule has 8 nitrogen and oxygen atoms in total. The molecule has 0 unspecified atom stereocenters. The Morgan fingerprint density at radius 2 is 1.72 bits per heavy atom. The van der Waals surface area contributed by atoms with E-state index in [1.54, 1.807) is 6.21 Å². The van der Waals surface area contributed by atoms with Crippen molar-refractivity contribution in [1.82, 2.24) is 24.8 Å². The third-order valence-electron chi connectivity index (χ3n) is 6.99. The van der Waals surface area contributed by atoms with E-state index in [2.05, 4.69) is 68.6 Å². The summed E-state index contributed by atoms with van der Waals surface area (Å²) in [6.07, 6.45) is 1.67. The van der Waals surface area contributed by atoms with E-state index in [9.17, 15) is 4.79 Å². The molecule has 6 rings (SSSR count). The lowest BCUT2D eigenvalue weighted by Crippen LogP contribution is -2.20. The highest BCUT2D eigenvalue weighted by Gasteiger charge is 2.18. The summed E-state index contributed by atoms with van der Waals surface area (Å²) in [5.41, 5.74) is 7.63. The van der Waals surface area contributed by atoms with E-state index in [4.69, 9.17) is 16.3 Å². The third kappa shape index (κ3) is 6.00. The van der Waals surface area contributed by atoms with Crippen molar-refractivity contribution in [2.45, 2.75) is 25.5 Å². The molecule has 10 heteroatoms. The molecule has 0 aliphatic heterocycles. The second kappa shape index (κ2) is 12.7. The average Bonchev–Trinajstić information content (AvgIpc) is 3.60. The summed E-state index contributed by atoms with van der Waals surface area (Å²) in [5.74, 6) is 1.27. The number of nitrogens with one attached hydrogen (secondary N) is 1. The van der Waals surface area contributed by atoms with Gasteiger partial charge in [-0.05, 0) is 86.1 Å². The number of benzene rings is 4. The maximum Gasteiger partial charge on any atom is 0.250 e. The van der Waals surface area contributed by atoms with Crippen molar-refractivity contribution in [2.24, 2.45) is 5.10 Å². The first-order valence-corrected chi connectivity index (χ1v) is 15.3. The number of carbonyl (C=O) groups is 1. The van der Waals surface area contributed by atoms with Crippen molar-refractivity contribution in [3.63, 3.8) is 0 Å². The Balaban J connectivity index is 1.18. The zero-order valence-corrected chi connectivity index (χ0v) is 25.3. The predicted molar refractivity (Wildman–Crippen MR) is 175 cm³/mol. The molecular formula is C33H29ClN6O2S. The van der Waals surface area contributed by atoms with E-state index in [1.807, 2.05) is 66.1 Å². The quantitative estimate of drug-likeness (QED) is 0.0998. The third-order valence-corrected chi connectivity index (χ3v) is 8.17. The fraction of sp³-hybridized carbons (Fsp3) is 0.152. The van der Waals surface area contributed by atoms with Crippen molar-refractivity contribution < 1.29 is 9.53 Å². The highest BCUT2D eigenvalue weighted by Crippen LogP contribution is 2.31. The number of halogens is 1. The zero-order valence-electron chi connectivity index (χ0n) is 23.7. The van der Waals surface area contributed by atoms with Gasteiger partial charge in [-0.25, -0.2) is 5.43 Å². The van der Waals surface area contributed by atoms with Gasteiger partial charge in [0.1, 0.15) is 5.75 Å². The number of hydrazone groups is 1. The number of carbonyl (C=O) groups excluding carboxylic acids is 1. The van der Waals surface area contributed by atoms with E-state index >= 15 is 0 Å². The number of hydrogen-bond donors (Lipinski definition) is 1. The molecular weight excluding hydrogens is 580 g/mol. The van der Waals surface area contributed by atoms with Gasteiger partial charge in [0.05, 0.1) is 18.6 Å². The summed E-state index contributed by atoms with van der Waals surface area (Å²) in [6.45, 7) is 5.56. The van der Waals surface area contributed by atoms with Crippen molar-refractivity contribution in [3.05, 3.63) is 102 Å². The first kappa shape index (κ1) is 28.5. The number of hydrogen-bond acceptors (Lipinski definition) is 6. The monoisotopic (exact) mass is 608 g/mol. The van der Waals surface area contributed by atoms with Crippen LogP contribution >= 0.6 is 23.4 Å². The lowest BCUT2D eigenvalue weighted by Gasteiger charge is -2.11. The van der Waals surface area contributed by atoms with Crippen molar-refractivity contribution in [2.75, 3.05) is 12.4 Å². The fourth-order valence-corrected chi connectivity index (χ4v) is 5.94. The molecule has 43 heavy (non-hydrogen) atoms. The van der Waals surface area contributed by atoms with Crippen LogP contribution in [0.3, 0.4) is 0 Å². The number of nitrogens with zero attached hydrogens (tertiary/aromatic N) is 5. The molecule has 0 saturated carbocycles. The molecule has 0 atom stereocenters. The smallest absolute Gasteiger partial charge is 0.250 e. The van der Waals surface area contributed by atoms with E-state index < -0.39 is 0 Å². The minimum absolute atomic E-state index is 0.107. The summed E-state index contributed by atoms with van der Waals surface area (Å²) >= 11 is 7.39. The van der Waals surface area contributed by atoms with Gasteiger partial charge in [-0.3, -0.25) is 9.36 Å². The Morgan fingerprint density at radius 3 is 2.49 bits per heavy atom. The van der Waals surface area contributed by atoms with Crippen LogP contribution in [0.1, 0.15) is 19.4 Å². The van der Waals surface area contributed by atoms with Crippen LogP contribution in [-0.2, 0) is 11.3 Å². The highest BCUT2D eigenvalue weighted by molar-refractivity contribution is 7.99. The summed E-state index contributed by atoms with van der Waals surface area (Å²) in [6, 6.07) is 29.7. The van der Waals surface area contributed by atoms with Gasteiger partial charge >= 0.3 is 0 Å². The van der Waals surface area contributed by atoms with Gasteiger partial charge in [0.25, 0.3) is 5.91 Å². The van der Waals surface area contributed by atoms with Gasteiger partial charge in [0.2, 0.25) is 0 Å². The Hall–Kier alpha value is -4.60. The van der Waals surface area contributed by atoms with Crippen molar-refractivity contribution in [1.29, 1.82) is 0 Å². The highest BCUT2D eigenvalue weighted by atomic mass is 35.5. The molecule has 1 N–H and O–H groups in total. The van der Waals surface area contributed by atoms with Crippen LogP contribution in [0.5, 0.6) is 5.75 Å². The lowest BCUT2D eigenvalue weighted by atomic mass is 10.1. The Morgan fingerprint density at radius 1 is 0.953 bits per heavy atom. The number of thioether (sulfide) groups is 1. The molecule has 216 valence electrons. The average molecular weight is 609 g/mol. The molecule has 0 radical (unpaired) electrons. The van der Waals surface area contributed by atoms with Crippen LogP contribution in [0.2, 0.25) is 5.02 Å². The fourth-order valence-electron chi connectivity index (χ4n) is 5.07. The lowest BCUT2D eigenvalue weighted by molar-refractivity contribution is -0.118. The van der Waals surface area contributed by atoms with Crippen LogP contribution in [0.4, 0.5) is 0 Å². The molecule has 0 fully saturated rings. The number of rotatable bonds is 10. The number of ether oxygens (including phenoxy) is 1. The zero-order chi connectivity index (χ0) is 29.8. The molecule has 0 aliphatic carbocycles. The Bertz CT molecular complexity index is 1930. The van der Waals surface area contributed by atoms with Gasteiger partial charge in [0.15, 0.2) is 11.0 Å². The molecule has 1 amide bonds. The molecule has 0 aliphatic rings. The van der Waals surface area contributed by atoms with Gasteiger partial charge < -0.3 is 9.30 Å². The Kier molecular flexibility index (Phi) is 8.44. The van der Waals surface area contributed by atoms with Crippen LogP contribution in [-0.4, -0.2) is 43.8 Å². The molecule has 0 saturated heterocycles. The van der Waals surface area contributed by atoms with Crippen LogP contribution < -0.4 is 10.2 Å². The summed E-state index contributed by atoms with van der Waals surface area (Å²) in [4.78, 5) is 12.8. The van der Waals surface area contributed by atoms with Gasteiger partial charge in [0, 0.05) is 44.6 Å². The molecule has 0 spiro atoms. The van der Waals surface area contributed by atoms with E-state index in [-0.39, 0.29) is 11.7 Å². The predicted octanol–water partition coefficient (Wildman–Crippen LogP) is 7.36. The largest absolute Gasteiger partial charge is 0.494 e. The molecule has 4 aromatic carbocycles. The SMILES string of the molecule is CCOc1ccc(-n2c(SCC(=O)N/N=C\c3ccc4c(c3)c3ccccc3n4CC)nnc2-c2ccc(Cl)cc2)cc1. The van der Waals surface area contributed by atoms with Crippen molar-refractivity contribution >= 4 is 57.3 Å². The second-order valence-electron chi connectivity index (χ2n) is 9.70. The van der Waals surface area contributed by atoms with Crippen LogP contribution in [0.15, 0.2) is 101 Å².